The van der Waals surface area contributed by atoms with Crippen molar-refractivity contribution in [3.8, 4) is 11.5 Å². The first-order valence-electron chi connectivity index (χ1n) is 5.08. The smallest absolute Gasteiger partial charge is 0.157 e. The molecule has 5 heteroatoms. The van der Waals surface area contributed by atoms with Crippen LogP contribution in [0.15, 0.2) is 12.1 Å². The van der Waals surface area contributed by atoms with E-state index in [1.807, 2.05) is 0 Å². The summed E-state index contributed by atoms with van der Waals surface area (Å²) >= 11 is 0. The molecule has 0 saturated heterocycles. The van der Waals surface area contributed by atoms with Crippen LogP contribution in [0.1, 0.15) is 30.1 Å². The van der Waals surface area contributed by atoms with Crippen LogP contribution in [0.2, 0.25) is 0 Å². The van der Waals surface area contributed by atoms with E-state index in [9.17, 15) is 15.3 Å². The van der Waals surface area contributed by atoms with E-state index in [1.54, 1.807) is 0 Å². The Morgan fingerprint density at radius 3 is 2.50 bits per heavy atom. The second-order valence-electron chi connectivity index (χ2n) is 4.04. The molecule has 16 heavy (non-hydrogen) atoms. The fourth-order valence-electron chi connectivity index (χ4n) is 2.04. The summed E-state index contributed by atoms with van der Waals surface area (Å²) in [6, 6.07) is 2.61. The van der Waals surface area contributed by atoms with Gasteiger partial charge in [-0.3, -0.25) is 0 Å². The van der Waals surface area contributed by atoms with E-state index in [1.165, 1.54) is 12.1 Å². The zero-order valence-corrected chi connectivity index (χ0v) is 9.57. The minimum absolute atomic E-state index is 0. The number of phenolic OH excluding ortho intramolecular Hbond substituents is 2. The molecule has 0 bridgehead atoms. The fourth-order valence-corrected chi connectivity index (χ4v) is 2.04. The second-order valence-corrected chi connectivity index (χ2v) is 4.04. The first-order chi connectivity index (χ1) is 7.09. The highest BCUT2D eigenvalue weighted by molar-refractivity contribution is 5.85. The topological polar surface area (TPSA) is 86.7 Å². The third-order valence-corrected chi connectivity index (χ3v) is 2.94. The molecular weight excluding hydrogens is 230 g/mol. The molecule has 1 aliphatic carbocycles. The summed E-state index contributed by atoms with van der Waals surface area (Å²) < 4.78 is 0. The molecule has 1 aromatic carbocycles. The summed E-state index contributed by atoms with van der Waals surface area (Å²) in [7, 11) is 0. The van der Waals surface area contributed by atoms with Crippen LogP contribution >= 0.6 is 12.4 Å². The first-order valence-corrected chi connectivity index (χ1v) is 5.08. The fraction of sp³-hybridized carbons (Fsp3) is 0.455. The van der Waals surface area contributed by atoms with E-state index < -0.39 is 6.10 Å². The molecular formula is C11H16ClNO3. The van der Waals surface area contributed by atoms with Crippen LogP contribution < -0.4 is 5.73 Å². The van der Waals surface area contributed by atoms with Crippen molar-refractivity contribution in [2.75, 3.05) is 0 Å². The van der Waals surface area contributed by atoms with Crippen LogP contribution in [0.3, 0.4) is 0 Å². The van der Waals surface area contributed by atoms with Crippen molar-refractivity contribution in [3.63, 3.8) is 0 Å². The van der Waals surface area contributed by atoms with Crippen molar-refractivity contribution < 1.29 is 15.3 Å². The van der Waals surface area contributed by atoms with Gasteiger partial charge in [0.25, 0.3) is 0 Å². The standard InChI is InChI=1S/C11H15NO3.ClH/c12-8-3-1-2-6-4-9(13)10(14)5-7(6)11(8)15;/h4-5,8,11,13-15H,1-3,12H2;1H/t8-,11+;/m1./s1. The predicted molar refractivity (Wildman–Crippen MR) is 62.9 cm³/mol. The van der Waals surface area contributed by atoms with Crippen molar-refractivity contribution in [3.05, 3.63) is 23.3 Å². The maximum Gasteiger partial charge on any atom is 0.157 e. The van der Waals surface area contributed by atoms with Crippen LogP contribution in [0, 0.1) is 0 Å². The van der Waals surface area contributed by atoms with E-state index >= 15 is 0 Å². The molecule has 0 aromatic heterocycles. The van der Waals surface area contributed by atoms with Gasteiger partial charge in [0, 0.05) is 6.04 Å². The molecule has 2 rings (SSSR count). The number of hydrogen-bond acceptors (Lipinski definition) is 4. The molecule has 2 atom stereocenters. The van der Waals surface area contributed by atoms with Gasteiger partial charge < -0.3 is 21.1 Å². The lowest BCUT2D eigenvalue weighted by atomic mass is 9.98. The SMILES string of the molecule is Cl.N[C@@H]1CCCc2cc(O)c(O)cc2[C@@H]1O. The quantitative estimate of drug-likeness (QED) is 0.409. The normalized spacial score (nSPS) is 24.1. The number of fused-ring (bicyclic) bond motifs is 1. The number of aliphatic hydroxyl groups excluding tert-OH is 1. The monoisotopic (exact) mass is 245 g/mol. The van der Waals surface area contributed by atoms with Gasteiger partial charge in [0.15, 0.2) is 11.5 Å². The largest absolute Gasteiger partial charge is 0.504 e. The summed E-state index contributed by atoms with van der Waals surface area (Å²) in [6.07, 6.45) is 1.65. The Morgan fingerprint density at radius 2 is 1.81 bits per heavy atom. The number of rotatable bonds is 0. The highest BCUT2D eigenvalue weighted by Gasteiger charge is 2.24. The maximum atomic E-state index is 9.91. The van der Waals surface area contributed by atoms with Gasteiger partial charge in [0.1, 0.15) is 0 Å². The molecule has 5 N–H and O–H groups in total. The van der Waals surface area contributed by atoms with Crippen molar-refractivity contribution in [2.45, 2.75) is 31.4 Å². The van der Waals surface area contributed by atoms with Gasteiger partial charge in [-0.1, -0.05) is 0 Å². The molecule has 0 amide bonds. The predicted octanol–water partition coefficient (Wildman–Crippen LogP) is 1.22. The summed E-state index contributed by atoms with van der Waals surface area (Å²) in [6.45, 7) is 0. The lowest BCUT2D eigenvalue weighted by Crippen LogP contribution is -2.27. The Hall–Kier alpha value is -0.970. The van der Waals surface area contributed by atoms with Gasteiger partial charge in [0.05, 0.1) is 6.10 Å². The number of nitrogens with two attached hydrogens (primary N) is 1. The van der Waals surface area contributed by atoms with E-state index in [4.69, 9.17) is 5.73 Å². The third-order valence-electron chi connectivity index (χ3n) is 2.94. The van der Waals surface area contributed by atoms with Crippen LogP contribution in [0.5, 0.6) is 11.5 Å². The highest BCUT2D eigenvalue weighted by atomic mass is 35.5. The number of aryl methyl sites for hydroxylation is 1. The molecule has 0 fully saturated rings. The average Bonchev–Trinajstić information content (AvgIpc) is 2.32. The zero-order chi connectivity index (χ0) is 11.0. The molecule has 0 spiro atoms. The first kappa shape index (κ1) is 13.1. The molecule has 1 aliphatic rings. The lowest BCUT2D eigenvalue weighted by Gasteiger charge is -2.17. The van der Waals surface area contributed by atoms with Gasteiger partial charge in [0.2, 0.25) is 0 Å². The maximum absolute atomic E-state index is 9.91. The third kappa shape index (κ3) is 2.24. The number of hydrogen-bond donors (Lipinski definition) is 4. The molecule has 0 saturated carbocycles. The van der Waals surface area contributed by atoms with E-state index in [-0.39, 0.29) is 29.9 Å². The Kier molecular flexibility index (Phi) is 4.02. The van der Waals surface area contributed by atoms with Crippen LogP contribution in [-0.2, 0) is 6.42 Å². The minimum Gasteiger partial charge on any atom is -0.504 e. The Balaban J connectivity index is 0.00000128. The molecule has 0 radical (unpaired) electrons. The zero-order valence-electron chi connectivity index (χ0n) is 8.76. The molecule has 4 nitrogen and oxygen atoms in total. The summed E-state index contributed by atoms with van der Waals surface area (Å²) in [5.41, 5.74) is 7.29. The Morgan fingerprint density at radius 1 is 1.19 bits per heavy atom. The van der Waals surface area contributed by atoms with Gasteiger partial charge in [-0.25, -0.2) is 0 Å². The Labute approximate surface area is 100 Å². The van der Waals surface area contributed by atoms with Crippen LogP contribution in [-0.4, -0.2) is 21.4 Å². The van der Waals surface area contributed by atoms with E-state index in [0.717, 1.165) is 24.8 Å². The van der Waals surface area contributed by atoms with E-state index in [2.05, 4.69) is 0 Å². The highest BCUT2D eigenvalue weighted by Crippen LogP contribution is 2.35. The van der Waals surface area contributed by atoms with Crippen molar-refractivity contribution in [1.29, 1.82) is 0 Å². The molecule has 90 valence electrons. The summed E-state index contributed by atoms with van der Waals surface area (Å²) in [5.74, 6) is -0.349. The van der Waals surface area contributed by atoms with Crippen LogP contribution in [0.25, 0.3) is 0 Å². The molecule has 0 heterocycles. The van der Waals surface area contributed by atoms with E-state index in [0.29, 0.717) is 5.56 Å². The van der Waals surface area contributed by atoms with Crippen molar-refractivity contribution >= 4 is 12.4 Å². The number of halogens is 1. The summed E-state index contributed by atoms with van der Waals surface area (Å²) in [5, 5.41) is 28.6. The minimum atomic E-state index is -0.756. The molecule has 0 unspecified atom stereocenters. The average molecular weight is 246 g/mol. The van der Waals surface area contributed by atoms with Crippen molar-refractivity contribution in [2.24, 2.45) is 5.73 Å². The Bertz CT molecular complexity index is 384. The lowest BCUT2D eigenvalue weighted by molar-refractivity contribution is 0.144. The molecule has 0 aliphatic heterocycles. The van der Waals surface area contributed by atoms with Crippen LogP contribution in [0.4, 0.5) is 0 Å². The number of phenols is 2. The summed E-state index contributed by atoms with van der Waals surface area (Å²) in [4.78, 5) is 0. The molecule has 1 aromatic rings. The second kappa shape index (κ2) is 4.91. The van der Waals surface area contributed by atoms with Gasteiger partial charge in [-0.05, 0) is 42.5 Å². The van der Waals surface area contributed by atoms with Crippen molar-refractivity contribution in [1.82, 2.24) is 0 Å². The number of benzene rings is 1. The number of aliphatic hydroxyl groups is 1. The van der Waals surface area contributed by atoms with Gasteiger partial charge in [-0.15, -0.1) is 12.4 Å². The van der Waals surface area contributed by atoms with Gasteiger partial charge >= 0.3 is 0 Å². The van der Waals surface area contributed by atoms with Gasteiger partial charge in [-0.2, -0.15) is 0 Å². The number of aromatic hydroxyl groups is 2.